The average molecular weight is 323 g/mol. The van der Waals surface area contributed by atoms with Crippen molar-refractivity contribution in [2.24, 2.45) is 0 Å². The molecule has 0 saturated carbocycles. The summed E-state index contributed by atoms with van der Waals surface area (Å²) in [5, 5.41) is 3.40. The summed E-state index contributed by atoms with van der Waals surface area (Å²) in [6, 6.07) is 6.41. The molecule has 0 saturated heterocycles. The van der Waals surface area contributed by atoms with Crippen LogP contribution in [0.1, 0.15) is 27.4 Å². The Labute approximate surface area is 120 Å². The molecule has 2 heterocycles. The van der Waals surface area contributed by atoms with Gasteiger partial charge in [-0.05, 0) is 65.9 Å². The molecule has 0 fully saturated rings. The van der Waals surface area contributed by atoms with Gasteiger partial charge in [-0.15, -0.1) is 11.3 Å². The van der Waals surface area contributed by atoms with E-state index in [2.05, 4.69) is 32.3 Å². The van der Waals surface area contributed by atoms with Crippen LogP contribution in [-0.2, 0) is 19.4 Å². The highest BCUT2D eigenvalue weighted by atomic mass is 79.9. The van der Waals surface area contributed by atoms with Crippen LogP contribution < -0.4 is 5.32 Å². The lowest BCUT2D eigenvalue weighted by Crippen LogP contribution is -2.00. The molecule has 18 heavy (non-hydrogen) atoms. The number of fused-ring (bicyclic) bond motifs is 1. The Hall–Kier alpha value is -0.870. The normalized spacial score (nSPS) is 13.7. The third-order valence-electron chi connectivity index (χ3n) is 3.26. The zero-order chi connectivity index (χ0) is 12.5. The highest BCUT2D eigenvalue weighted by Gasteiger charge is 2.14. The number of halogens is 1. The third-order valence-corrected chi connectivity index (χ3v) is 5.34. The molecule has 1 aliphatic carbocycles. The number of pyridine rings is 1. The molecule has 0 atom stereocenters. The minimum absolute atomic E-state index is 0.881. The summed E-state index contributed by atoms with van der Waals surface area (Å²) < 4.78 is 1.06. The molecule has 2 aromatic rings. The molecule has 0 aliphatic heterocycles. The topological polar surface area (TPSA) is 24.9 Å². The van der Waals surface area contributed by atoms with Crippen molar-refractivity contribution in [3.05, 3.63) is 43.7 Å². The lowest BCUT2D eigenvalue weighted by molar-refractivity contribution is 0.913. The summed E-state index contributed by atoms with van der Waals surface area (Å²) >= 11 is 5.42. The Morgan fingerprint density at radius 1 is 1.39 bits per heavy atom. The van der Waals surface area contributed by atoms with E-state index in [1.54, 1.807) is 10.4 Å². The van der Waals surface area contributed by atoms with Crippen LogP contribution in [-0.4, -0.2) is 4.98 Å². The second-order valence-corrected chi connectivity index (χ2v) is 6.71. The number of hydrogen-bond donors (Lipinski definition) is 1. The number of thiophene rings is 1. The highest BCUT2D eigenvalue weighted by Crippen LogP contribution is 2.30. The first-order chi connectivity index (χ1) is 8.72. The molecule has 1 aliphatic rings. The van der Waals surface area contributed by atoms with E-state index in [0.717, 1.165) is 22.5 Å². The third kappa shape index (κ3) is 2.45. The number of nitrogens with zero attached hydrogens (tertiary/aromatic N) is 1. The van der Waals surface area contributed by atoms with E-state index >= 15 is 0 Å². The van der Waals surface area contributed by atoms with Crippen LogP contribution in [0, 0.1) is 6.92 Å². The Kier molecular flexibility index (Phi) is 3.39. The first-order valence-corrected chi connectivity index (χ1v) is 7.81. The van der Waals surface area contributed by atoms with Crippen LogP contribution in [0.25, 0.3) is 0 Å². The largest absolute Gasteiger partial charge is 0.365 e. The molecule has 2 nitrogen and oxygen atoms in total. The van der Waals surface area contributed by atoms with Crippen LogP contribution >= 0.6 is 27.3 Å². The van der Waals surface area contributed by atoms with Crippen molar-refractivity contribution in [2.75, 3.05) is 5.32 Å². The average Bonchev–Trinajstić information content (AvgIpc) is 2.91. The molecule has 0 spiro atoms. The van der Waals surface area contributed by atoms with Gasteiger partial charge in [-0.1, -0.05) is 0 Å². The second-order valence-electron chi connectivity index (χ2n) is 4.63. The molecule has 3 rings (SSSR count). The molecule has 94 valence electrons. The van der Waals surface area contributed by atoms with Crippen molar-refractivity contribution < 1.29 is 0 Å². The van der Waals surface area contributed by atoms with E-state index in [-0.39, 0.29) is 0 Å². The summed E-state index contributed by atoms with van der Waals surface area (Å²) in [5.41, 5.74) is 2.59. The summed E-state index contributed by atoms with van der Waals surface area (Å²) in [6.07, 6.45) is 3.87. The van der Waals surface area contributed by atoms with Crippen LogP contribution in [0.3, 0.4) is 0 Å². The minimum Gasteiger partial charge on any atom is -0.365 e. The van der Waals surface area contributed by atoms with Gasteiger partial charge in [-0.2, -0.15) is 0 Å². The van der Waals surface area contributed by atoms with Crippen molar-refractivity contribution in [3.8, 4) is 0 Å². The molecule has 4 heteroatoms. The molecule has 0 unspecified atom stereocenters. The van der Waals surface area contributed by atoms with Crippen molar-refractivity contribution in [1.29, 1.82) is 0 Å². The second kappa shape index (κ2) is 5.02. The van der Waals surface area contributed by atoms with Gasteiger partial charge in [0.2, 0.25) is 0 Å². The maximum absolute atomic E-state index is 4.50. The molecule has 0 bridgehead atoms. The van der Waals surface area contributed by atoms with E-state index in [4.69, 9.17) is 0 Å². The first-order valence-electron chi connectivity index (χ1n) is 6.20. The summed E-state index contributed by atoms with van der Waals surface area (Å²) in [4.78, 5) is 7.51. The van der Waals surface area contributed by atoms with Gasteiger partial charge in [0.15, 0.2) is 0 Å². The lowest BCUT2D eigenvalue weighted by atomic mass is 10.2. The standard InChI is InChI=1S/C14H15BrN2S/c1-9-12(15)5-6-14(17-9)16-8-11-7-10-3-2-4-13(10)18-11/h5-7H,2-4,8H2,1H3,(H,16,17). The molecule has 0 radical (unpaired) electrons. The van der Waals surface area contributed by atoms with Crippen LogP contribution in [0.5, 0.6) is 0 Å². The van der Waals surface area contributed by atoms with E-state index in [0.29, 0.717) is 0 Å². The molecule has 1 N–H and O–H groups in total. The minimum atomic E-state index is 0.881. The van der Waals surface area contributed by atoms with Gasteiger partial charge in [0.25, 0.3) is 0 Å². The number of hydrogen-bond acceptors (Lipinski definition) is 3. The van der Waals surface area contributed by atoms with Crippen molar-refractivity contribution >= 4 is 33.1 Å². The van der Waals surface area contributed by atoms with E-state index < -0.39 is 0 Å². The van der Waals surface area contributed by atoms with Crippen LogP contribution in [0.4, 0.5) is 5.82 Å². The maximum atomic E-state index is 4.50. The predicted molar refractivity (Wildman–Crippen MR) is 80.3 cm³/mol. The fourth-order valence-corrected chi connectivity index (χ4v) is 3.72. The summed E-state index contributed by atoms with van der Waals surface area (Å²) in [6.45, 7) is 2.89. The fourth-order valence-electron chi connectivity index (χ4n) is 2.30. The van der Waals surface area contributed by atoms with Crippen molar-refractivity contribution in [1.82, 2.24) is 4.98 Å². The molecular weight excluding hydrogens is 308 g/mol. The van der Waals surface area contributed by atoms with Gasteiger partial charge in [-0.3, -0.25) is 0 Å². The smallest absolute Gasteiger partial charge is 0.126 e. The van der Waals surface area contributed by atoms with Crippen molar-refractivity contribution in [3.63, 3.8) is 0 Å². The van der Waals surface area contributed by atoms with Gasteiger partial charge in [-0.25, -0.2) is 4.98 Å². The van der Waals surface area contributed by atoms with Crippen molar-refractivity contribution in [2.45, 2.75) is 32.7 Å². The maximum Gasteiger partial charge on any atom is 0.126 e. The highest BCUT2D eigenvalue weighted by molar-refractivity contribution is 9.10. The zero-order valence-electron chi connectivity index (χ0n) is 10.3. The number of nitrogens with one attached hydrogen (secondary N) is 1. The molecule has 0 aromatic carbocycles. The van der Waals surface area contributed by atoms with Gasteiger partial charge < -0.3 is 5.32 Å². The van der Waals surface area contributed by atoms with Crippen LogP contribution in [0.15, 0.2) is 22.7 Å². The molecule has 0 amide bonds. The van der Waals surface area contributed by atoms with E-state index in [9.17, 15) is 0 Å². The van der Waals surface area contributed by atoms with Gasteiger partial charge >= 0.3 is 0 Å². The fraction of sp³-hybridized carbons (Fsp3) is 0.357. The van der Waals surface area contributed by atoms with E-state index in [1.807, 2.05) is 30.4 Å². The number of rotatable bonds is 3. The molecular formula is C14H15BrN2S. The summed E-state index contributed by atoms with van der Waals surface area (Å²) in [5.74, 6) is 0.948. The van der Waals surface area contributed by atoms with E-state index in [1.165, 1.54) is 24.1 Å². The Morgan fingerprint density at radius 2 is 2.28 bits per heavy atom. The predicted octanol–water partition coefficient (Wildman–Crippen LogP) is 4.31. The Bertz CT molecular complexity index is 556. The number of aryl methyl sites for hydroxylation is 3. The van der Waals surface area contributed by atoms with Gasteiger partial charge in [0, 0.05) is 14.2 Å². The van der Waals surface area contributed by atoms with Gasteiger partial charge in [0.05, 0.1) is 12.2 Å². The first kappa shape index (κ1) is 12.2. The van der Waals surface area contributed by atoms with Crippen LogP contribution in [0.2, 0.25) is 0 Å². The monoisotopic (exact) mass is 322 g/mol. The number of aromatic nitrogens is 1. The Balaban J connectivity index is 1.68. The number of anilines is 1. The SMILES string of the molecule is Cc1nc(NCc2cc3c(s2)CCC3)ccc1Br. The lowest BCUT2D eigenvalue weighted by Gasteiger charge is -2.05. The molecule has 2 aromatic heterocycles. The zero-order valence-corrected chi connectivity index (χ0v) is 12.7. The van der Waals surface area contributed by atoms with Gasteiger partial charge in [0.1, 0.15) is 5.82 Å². The Morgan fingerprint density at radius 3 is 3.06 bits per heavy atom. The quantitative estimate of drug-likeness (QED) is 0.910. The summed E-state index contributed by atoms with van der Waals surface area (Å²) in [7, 11) is 0.